The lowest BCUT2D eigenvalue weighted by molar-refractivity contribution is 0.0955. The summed E-state index contributed by atoms with van der Waals surface area (Å²) in [7, 11) is 0. The van der Waals surface area contributed by atoms with Gasteiger partial charge in [-0.2, -0.15) is 5.10 Å². The summed E-state index contributed by atoms with van der Waals surface area (Å²) >= 11 is 6.02. The number of carbonyl (C=O) groups is 1. The van der Waals surface area contributed by atoms with Crippen LogP contribution < -0.4 is 10.2 Å². The predicted octanol–water partition coefficient (Wildman–Crippen LogP) is 5.13. The third-order valence-corrected chi connectivity index (χ3v) is 4.45. The Hall–Kier alpha value is -3.18. The molecule has 3 rings (SSSR count). The van der Waals surface area contributed by atoms with Crippen LogP contribution >= 0.6 is 11.6 Å². The molecule has 0 fully saturated rings. The van der Waals surface area contributed by atoms with E-state index < -0.39 is 0 Å². The van der Waals surface area contributed by atoms with Crippen molar-refractivity contribution >= 4 is 23.7 Å². The topological polar surface area (TPSA) is 50.7 Å². The number of nitrogens with zero attached hydrogens (tertiary/aromatic N) is 1. The lowest BCUT2D eigenvalue weighted by atomic mass is 10.1. The molecule has 6 heteroatoms. The highest BCUT2D eigenvalue weighted by Gasteiger charge is 2.06. The molecule has 0 atom stereocenters. The molecule has 0 saturated heterocycles. The van der Waals surface area contributed by atoms with Crippen molar-refractivity contribution in [3.63, 3.8) is 0 Å². The molecular weight excluding hydrogens is 379 g/mol. The van der Waals surface area contributed by atoms with E-state index in [9.17, 15) is 9.18 Å². The molecule has 0 heterocycles. The van der Waals surface area contributed by atoms with Gasteiger partial charge >= 0.3 is 0 Å². The fraction of sp³-hybridized carbons (Fsp3) is 0.0909. The Balaban J connectivity index is 1.54. The van der Waals surface area contributed by atoms with Crippen molar-refractivity contribution in [2.45, 2.75) is 13.5 Å². The monoisotopic (exact) mass is 396 g/mol. The van der Waals surface area contributed by atoms with Gasteiger partial charge in [-0.25, -0.2) is 9.82 Å². The largest absolute Gasteiger partial charge is 0.489 e. The van der Waals surface area contributed by atoms with Crippen molar-refractivity contribution in [1.82, 2.24) is 5.43 Å². The summed E-state index contributed by atoms with van der Waals surface area (Å²) in [6, 6.07) is 18.6. The number of hydrogen-bond acceptors (Lipinski definition) is 3. The number of halogens is 2. The molecule has 3 aromatic rings. The van der Waals surface area contributed by atoms with Crippen LogP contribution in [0.1, 0.15) is 27.0 Å². The van der Waals surface area contributed by atoms with E-state index in [2.05, 4.69) is 10.5 Å². The molecule has 3 aromatic carbocycles. The number of hydrazone groups is 1. The average Bonchev–Trinajstić information content (AvgIpc) is 2.70. The zero-order valence-corrected chi connectivity index (χ0v) is 15.9. The molecule has 0 aromatic heterocycles. The Morgan fingerprint density at radius 2 is 1.89 bits per heavy atom. The number of rotatable bonds is 6. The number of amides is 1. The van der Waals surface area contributed by atoms with Gasteiger partial charge in [0.25, 0.3) is 5.91 Å². The van der Waals surface area contributed by atoms with E-state index in [1.165, 1.54) is 12.3 Å². The first-order valence-corrected chi connectivity index (χ1v) is 8.96. The summed E-state index contributed by atoms with van der Waals surface area (Å²) in [4.78, 5) is 12.1. The summed E-state index contributed by atoms with van der Waals surface area (Å²) in [5, 5.41) is 4.48. The van der Waals surface area contributed by atoms with Crippen LogP contribution in [0.5, 0.6) is 5.75 Å². The first-order valence-electron chi connectivity index (χ1n) is 8.59. The van der Waals surface area contributed by atoms with Crippen molar-refractivity contribution < 1.29 is 13.9 Å². The Bertz CT molecular complexity index is 1000. The first-order chi connectivity index (χ1) is 13.5. The van der Waals surface area contributed by atoms with Gasteiger partial charge in [0.15, 0.2) is 0 Å². The van der Waals surface area contributed by atoms with E-state index in [-0.39, 0.29) is 18.3 Å². The Kier molecular flexibility index (Phi) is 6.40. The zero-order chi connectivity index (χ0) is 19.9. The molecule has 0 aliphatic heterocycles. The minimum Gasteiger partial charge on any atom is -0.489 e. The number of hydrogen-bond donors (Lipinski definition) is 1. The van der Waals surface area contributed by atoms with Crippen molar-refractivity contribution in [3.05, 3.63) is 99.8 Å². The molecule has 0 aliphatic carbocycles. The van der Waals surface area contributed by atoms with Crippen molar-refractivity contribution in [2.24, 2.45) is 5.10 Å². The van der Waals surface area contributed by atoms with Crippen LogP contribution in [0.3, 0.4) is 0 Å². The fourth-order valence-electron chi connectivity index (χ4n) is 2.39. The van der Waals surface area contributed by atoms with Crippen LogP contribution in [0.25, 0.3) is 0 Å². The van der Waals surface area contributed by atoms with Gasteiger partial charge in [-0.05, 0) is 60.5 Å². The minimum absolute atomic E-state index is 0.148. The molecule has 4 nitrogen and oxygen atoms in total. The van der Waals surface area contributed by atoms with Gasteiger partial charge in [-0.1, -0.05) is 35.9 Å². The molecular formula is C22H18ClFN2O2. The summed E-state index contributed by atoms with van der Waals surface area (Å²) in [6.45, 7) is 2.02. The minimum atomic E-state index is -0.344. The van der Waals surface area contributed by atoms with Gasteiger partial charge in [-0.3, -0.25) is 4.79 Å². The summed E-state index contributed by atoms with van der Waals surface area (Å²) in [5.74, 6) is -0.0291. The number of ether oxygens (including phenoxy) is 1. The van der Waals surface area contributed by atoms with Crippen molar-refractivity contribution in [1.29, 1.82) is 0 Å². The molecule has 142 valence electrons. The maximum absolute atomic E-state index is 13.6. The van der Waals surface area contributed by atoms with E-state index in [1.807, 2.05) is 6.92 Å². The lowest BCUT2D eigenvalue weighted by Gasteiger charge is -2.07. The van der Waals surface area contributed by atoms with E-state index in [0.717, 1.165) is 11.1 Å². The number of aryl methyl sites for hydroxylation is 1. The van der Waals surface area contributed by atoms with Crippen LogP contribution in [0.2, 0.25) is 5.02 Å². The number of benzene rings is 3. The second-order valence-electron chi connectivity index (χ2n) is 6.11. The predicted molar refractivity (Wildman–Crippen MR) is 108 cm³/mol. The molecule has 0 unspecified atom stereocenters. The molecule has 1 amide bonds. The molecule has 0 spiro atoms. The van der Waals surface area contributed by atoms with E-state index >= 15 is 0 Å². The fourth-order valence-corrected chi connectivity index (χ4v) is 2.57. The Labute approximate surface area is 167 Å². The van der Waals surface area contributed by atoms with E-state index in [4.69, 9.17) is 16.3 Å². The van der Waals surface area contributed by atoms with Crippen LogP contribution in [-0.2, 0) is 6.61 Å². The second-order valence-corrected chi connectivity index (χ2v) is 6.52. The van der Waals surface area contributed by atoms with Crippen LogP contribution in [0, 0.1) is 12.7 Å². The average molecular weight is 397 g/mol. The molecule has 28 heavy (non-hydrogen) atoms. The molecule has 0 bridgehead atoms. The second kappa shape index (κ2) is 9.15. The van der Waals surface area contributed by atoms with Gasteiger partial charge < -0.3 is 4.74 Å². The SMILES string of the molecule is Cc1ccc(C(=O)N/N=C\c2ccc(OCc3ccccc3F)cc2)cc1Cl. The van der Waals surface area contributed by atoms with Gasteiger partial charge in [-0.15, -0.1) is 0 Å². The Morgan fingerprint density at radius 3 is 2.61 bits per heavy atom. The molecule has 1 N–H and O–H groups in total. The highest BCUT2D eigenvalue weighted by molar-refractivity contribution is 6.31. The van der Waals surface area contributed by atoms with Crippen molar-refractivity contribution in [3.8, 4) is 5.75 Å². The van der Waals surface area contributed by atoms with Gasteiger partial charge in [0.1, 0.15) is 18.2 Å². The summed E-state index contributed by atoms with van der Waals surface area (Å²) in [5.41, 5.74) is 5.07. The number of nitrogens with one attached hydrogen (secondary N) is 1. The third-order valence-electron chi connectivity index (χ3n) is 4.05. The lowest BCUT2D eigenvalue weighted by Crippen LogP contribution is -2.17. The van der Waals surface area contributed by atoms with Crippen LogP contribution in [0.15, 0.2) is 71.8 Å². The Morgan fingerprint density at radius 1 is 1.14 bits per heavy atom. The standard InChI is InChI=1S/C22H18ClFN2O2/c1-15-6-9-17(12-20(15)23)22(27)26-25-13-16-7-10-19(11-8-16)28-14-18-4-2-3-5-21(18)24/h2-13H,14H2,1H3,(H,26,27)/b25-13-. The zero-order valence-electron chi connectivity index (χ0n) is 15.2. The summed E-state index contributed by atoms with van der Waals surface area (Å²) in [6.07, 6.45) is 1.52. The van der Waals surface area contributed by atoms with E-state index in [1.54, 1.807) is 60.7 Å². The first kappa shape index (κ1) is 19.6. The smallest absolute Gasteiger partial charge is 0.271 e. The third kappa shape index (κ3) is 5.18. The summed E-state index contributed by atoms with van der Waals surface area (Å²) < 4.78 is 19.2. The number of carbonyl (C=O) groups excluding carboxylic acids is 1. The van der Waals surface area contributed by atoms with Gasteiger partial charge in [0.05, 0.1) is 6.21 Å². The molecule has 0 aliphatic rings. The molecule has 0 saturated carbocycles. The highest BCUT2D eigenvalue weighted by Crippen LogP contribution is 2.17. The van der Waals surface area contributed by atoms with Gasteiger partial charge in [0.2, 0.25) is 0 Å². The van der Waals surface area contributed by atoms with Crippen LogP contribution in [0.4, 0.5) is 4.39 Å². The quantitative estimate of drug-likeness (QED) is 0.464. The van der Waals surface area contributed by atoms with E-state index in [0.29, 0.717) is 21.9 Å². The van der Waals surface area contributed by atoms with Gasteiger partial charge in [0, 0.05) is 16.1 Å². The molecule has 0 radical (unpaired) electrons. The maximum atomic E-state index is 13.6. The highest BCUT2D eigenvalue weighted by atomic mass is 35.5. The maximum Gasteiger partial charge on any atom is 0.271 e. The van der Waals surface area contributed by atoms with Crippen molar-refractivity contribution in [2.75, 3.05) is 0 Å². The normalized spacial score (nSPS) is 10.8. The van der Waals surface area contributed by atoms with Crippen LogP contribution in [-0.4, -0.2) is 12.1 Å².